The van der Waals surface area contributed by atoms with Crippen molar-refractivity contribution >= 4 is 29.2 Å². The van der Waals surface area contributed by atoms with Crippen molar-refractivity contribution in [3.8, 4) is 0 Å². The Morgan fingerprint density at radius 3 is 2.71 bits per heavy atom. The first-order valence-corrected chi connectivity index (χ1v) is 6.09. The third-order valence-electron chi connectivity index (χ3n) is 2.39. The zero-order chi connectivity index (χ0) is 12.8. The van der Waals surface area contributed by atoms with Gasteiger partial charge in [-0.2, -0.15) is 0 Å². The Balaban J connectivity index is 2.44. The van der Waals surface area contributed by atoms with Crippen LogP contribution >= 0.6 is 23.2 Å². The molecule has 0 saturated heterocycles. The lowest BCUT2D eigenvalue weighted by atomic mass is 10.2. The van der Waals surface area contributed by atoms with Crippen molar-refractivity contribution in [2.45, 2.75) is 19.4 Å². The van der Waals surface area contributed by atoms with E-state index in [0.29, 0.717) is 23.0 Å². The third kappa shape index (κ3) is 5.39. The Hall–Kier alpha value is -0.770. The van der Waals surface area contributed by atoms with Crippen molar-refractivity contribution in [2.24, 2.45) is 0 Å². The molecule has 94 valence electrons. The standard InChI is InChI=1S/C12H15Cl2NO2/c1-15(6-2-3-12(16)17)8-9-4-5-10(13)7-11(9)14/h4-5,7H,2-3,6,8H2,1H3,(H,16,17). The van der Waals surface area contributed by atoms with E-state index < -0.39 is 5.97 Å². The lowest BCUT2D eigenvalue weighted by Crippen LogP contribution is -2.20. The van der Waals surface area contributed by atoms with Gasteiger partial charge in [0.2, 0.25) is 0 Å². The summed E-state index contributed by atoms with van der Waals surface area (Å²) < 4.78 is 0. The molecule has 1 aromatic carbocycles. The molecule has 0 radical (unpaired) electrons. The molecule has 0 aromatic heterocycles. The van der Waals surface area contributed by atoms with E-state index in [-0.39, 0.29) is 6.42 Å². The normalized spacial score (nSPS) is 10.8. The molecular formula is C12H15Cl2NO2. The van der Waals surface area contributed by atoms with Crippen LogP contribution in [0.5, 0.6) is 0 Å². The predicted octanol–water partition coefficient (Wildman–Crippen LogP) is 3.29. The minimum Gasteiger partial charge on any atom is -0.481 e. The summed E-state index contributed by atoms with van der Waals surface area (Å²) in [5, 5.41) is 9.80. The van der Waals surface area contributed by atoms with Gasteiger partial charge in [-0.1, -0.05) is 29.3 Å². The van der Waals surface area contributed by atoms with Gasteiger partial charge < -0.3 is 10.0 Å². The quantitative estimate of drug-likeness (QED) is 0.866. The largest absolute Gasteiger partial charge is 0.481 e. The Kier molecular flexibility index (Phi) is 5.75. The molecular weight excluding hydrogens is 261 g/mol. The van der Waals surface area contributed by atoms with Crippen molar-refractivity contribution in [3.63, 3.8) is 0 Å². The molecule has 5 heteroatoms. The molecule has 0 bridgehead atoms. The summed E-state index contributed by atoms with van der Waals surface area (Å²) in [4.78, 5) is 12.4. The Bertz CT molecular complexity index is 396. The minimum atomic E-state index is -0.761. The maximum atomic E-state index is 10.4. The van der Waals surface area contributed by atoms with Crippen LogP contribution in [0.2, 0.25) is 10.0 Å². The van der Waals surface area contributed by atoms with E-state index in [2.05, 4.69) is 0 Å². The molecule has 0 aliphatic heterocycles. The highest BCUT2D eigenvalue weighted by atomic mass is 35.5. The van der Waals surface area contributed by atoms with Crippen LogP contribution in [0.15, 0.2) is 18.2 Å². The maximum absolute atomic E-state index is 10.4. The minimum absolute atomic E-state index is 0.193. The summed E-state index contributed by atoms with van der Waals surface area (Å²) in [5.41, 5.74) is 0.994. The number of nitrogens with zero attached hydrogens (tertiary/aromatic N) is 1. The first-order valence-electron chi connectivity index (χ1n) is 5.33. The molecule has 0 aliphatic carbocycles. The van der Waals surface area contributed by atoms with Gasteiger partial charge in [0.15, 0.2) is 0 Å². The van der Waals surface area contributed by atoms with Crippen LogP contribution in [0.1, 0.15) is 18.4 Å². The van der Waals surface area contributed by atoms with E-state index in [1.807, 2.05) is 18.0 Å². The molecule has 0 spiro atoms. The lowest BCUT2D eigenvalue weighted by molar-refractivity contribution is -0.137. The van der Waals surface area contributed by atoms with Gasteiger partial charge in [-0.25, -0.2) is 0 Å². The van der Waals surface area contributed by atoms with Crippen LogP contribution in [0.25, 0.3) is 0 Å². The molecule has 1 N–H and O–H groups in total. The number of hydrogen-bond acceptors (Lipinski definition) is 2. The number of carboxylic acids is 1. The van der Waals surface area contributed by atoms with Crippen molar-refractivity contribution in [1.29, 1.82) is 0 Å². The molecule has 0 fully saturated rings. The zero-order valence-electron chi connectivity index (χ0n) is 9.62. The number of rotatable bonds is 6. The second-order valence-electron chi connectivity index (χ2n) is 3.97. The highest BCUT2D eigenvalue weighted by Gasteiger charge is 2.06. The summed E-state index contributed by atoms with van der Waals surface area (Å²) in [7, 11) is 1.94. The number of hydrogen-bond donors (Lipinski definition) is 1. The van der Waals surface area contributed by atoms with Gasteiger partial charge in [-0.05, 0) is 37.7 Å². The highest BCUT2D eigenvalue weighted by molar-refractivity contribution is 6.35. The fourth-order valence-corrected chi connectivity index (χ4v) is 1.99. The Morgan fingerprint density at radius 1 is 1.41 bits per heavy atom. The molecule has 0 heterocycles. The number of carbonyl (C=O) groups is 1. The van der Waals surface area contributed by atoms with Gasteiger partial charge >= 0.3 is 5.97 Å². The summed E-state index contributed by atoms with van der Waals surface area (Å²) in [6.45, 7) is 1.42. The molecule has 1 rings (SSSR count). The molecule has 1 aromatic rings. The molecule has 0 saturated carbocycles. The lowest BCUT2D eigenvalue weighted by Gasteiger charge is -2.17. The molecule has 3 nitrogen and oxygen atoms in total. The maximum Gasteiger partial charge on any atom is 0.303 e. The number of aliphatic carboxylic acids is 1. The highest BCUT2D eigenvalue weighted by Crippen LogP contribution is 2.21. The fraction of sp³-hybridized carbons (Fsp3) is 0.417. The van der Waals surface area contributed by atoms with Crippen LogP contribution < -0.4 is 0 Å². The van der Waals surface area contributed by atoms with E-state index in [0.717, 1.165) is 12.1 Å². The summed E-state index contributed by atoms with van der Waals surface area (Å²) in [6.07, 6.45) is 0.829. The van der Waals surface area contributed by atoms with Crippen LogP contribution in [-0.4, -0.2) is 29.6 Å². The van der Waals surface area contributed by atoms with Crippen molar-refractivity contribution in [2.75, 3.05) is 13.6 Å². The SMILES string of the molecule is CN(CCCC(=O)O)Cc1ccc(Cl)cc1Cl. The van der Waals surface area contributed by atoms with E-state index in [1.54, 1.807) is 12.1 Å². The van der Waals surface area contributed by atoms with Crippen molar-refractivity contribution in [1.82, 2.24) is 4.90 Å². The van der Waals surface area contributed by atoms with Crippen molar-refractivity contribution < 1.29 is 9.90 Å². The van der Waals surface area contributed by atoms with Gasteiger partial charge in [0, 0.05) is 23.0 Å². The monoisotopic (exact) mass is 275 g/mol. The van der Waals surface area contributed by atoms with E-state index in [1.165, 1.54) is 0 Å². The second-order valence-corrected chi connectivity index (χ2v) is 4.81. The molecule has 0 aliphatic rings. The zero-order valence-corrected chi connectivity index (χ0v) is 11.1. The van der Waals surface area contributed by atoms with Gasteiger partial charge in [0.05, 0.1) is 0 Å². The summed E-state index contributed by atoms with van der Waals surface area (Å²) >= 11 is 11.9. The van der Waals surface area contributed by atoms with Crippen LogP contribution in [-0.2, 0) is 11.3 Å². The fourth-order valence-electron chi connectivity index (χ4n) is 1.52. The molecule has 0 amide bonds. The van der Waals surface area contributed by atoms with E-state index in [4.69, 9.17) is 28.3 Å². The van der Waals surface area contributed by atoms with E-state index >= 15 is 0 Å². The smallest absolute Gasteiger partial charge is 0.303 e. The van der Waals surface area contributed by atoms with Gasteiger partial charge in [0.1, 0.15) is 0 Å². The predicted molar refractivity (Wildman–Crippen MR) is 69.7 cm³/mol. The first kappa shape index (κ1) is 14.3. The van der Waals surface area contributed by atoms with E-state index in [9.17, 15) is 4.79 Å². The molecule has 0 unspecified atom stereocenters. The average molecular weight is 276 g/mol. The average Bonchev–Trinajstić information content (AvgIpc) is 2.21. The first-order chi connectivity index (χ1) is 7.99. The Labute approximate surface area is 111 Å². The topological polar surface area (TPSA) is 40.5 Å². The summed E-state index contributed by atoms with van der Waals surface area (Å²) in [6, 6.07) is 5.40. The van der Waals surface area contributed by atoms with Gasteiger partial charge in [0.25, 0.3) is 0 Å². The van der Waals surface area contributed by atoms with Crippen molar-refractivity contribution in [3.05, 3.63) is 33.8 Å². The Morgan fingerprint density at radius 2 is 2.12 bits per heavy atom. The number of carboxylic acid groups (broad SMARTS) is 1. The second kappa shape index (κ2) is 6.84. The van der Waals surface area contributed by atoms with Crippen LogP contribution in [0.4, 0.5) is 0 Å². The van der Waals surface area contributed by atoms with Crippen LogP contribution in [0, 0.1) is 0 Å². The third-order valence-corrected chi connectivity index (χ3v) is 2.97. The number of halogens is 2. The number of benzene rings is 1. The van der Waals surface area contributed by atoms with Crippen LogP contribution in [0.3, 0.4) is 0 Å². The summed E-state index contributed by atoms with van der Waals surface area (Å²) in [5.74, 6) is -0.761. The molecule has 17 heavy (non-hydrogen) atoms. The van der Waals surface area contributed by atoms with Gasteiger partial charge in [-0.3, -0.25) is 4.79 Å². The molecule has 0 atom stereocenters. The van der Waals surface area contributed by atoms with Gasteiger partial charge in [-0.15, -0.1) is 0 Å².